The van der Waals surface area contributed by atoms with Crippen LogP contribution in [0.15, 0.2) is 5.38 Å². The van der Waals surface area contributed by atoms with Crippen LogP contribution in [0.4, 0.5) is 0 Å². The van der Waals surface area contributed by atoms with Crippen molar-refractivity contribution in [3.63, 3.8) is 0 Å². The minimum atomic E-state index is 0.643. The molecule has 2 atom stereocenters. The molecule has 0 aliphatic carbocycles. The molecule has 2 heterocycles. The van der Waals surface area contributed by atoms with Crippen molar-refractivity contribution in [2.24, 2.45) is 5.92 Å². The predicted molar refractivity (Wildman–Crippen MR) is 68.7 cm³/mol. The van der Waals surface area contributed by atoms with Crippen molar-refractivity contribution in [2.75, 3.05) is 13.1 Å². The lowest BCUT2D eigenvalue weighted by molar-refractivity contribution is 0.311. The zero-order valence-corrected chi connectivity index (χ0v) is 10.9. The summed E-state index contributed by atoms with van der Waals surface area (Å²) in [5.74, 6) is 0.871. The van der Waals surface area contributed by atoms with Crippen LogP contribution in [-0.4, -0.2) is 24.1 Å². The number of rotatable bonds is 4. The molecule has 0 saturated carbocycles. The smallest absolute Gasteiger partial charge is 0.107 e. The number of aromatic nitrogens is 1. The number of aryl methyl sites for hydroxylation is 1. The molecule has 2 unspecified atom stereocenters. The maximum atomic E-state index is 4.44. The van der Waals surface area contributed by atoms with Crippen molar-refractivity contribution in [3.8, 4) is 0 Å². The SMILES string of the molecule is Cc1csc(CNCC2CC(C)CCN2)n1. The van der Waals surface area contributed by atoms with Crippen LogP contribution < -0.4 is 10.6 Å². The standard InChI is InChI=1S/C12H21N3S/c1-9-3-4-14-11(5-9)6-13-7-12-15-10(2)8-16-12/h8-9,11,13-14H,3-7H2,1-2H3. The van der Waals surface area contributed by atoms with Crippen LogP contribution in [0.3, 0.4) is 0 Å². The largest absolute Gasteiger partial charge is 0.313 e. The monoisotopic (exact) mass is 239 g/mol. The first-order chi connectivity index (χ1) is 7.74. The second-order valence-electron chi connectivity index (χ2n) is 4.79. The molecule has 1 aliphatic heterocycles. The Bertz CT molecular complexity index is 324. The molecule has 0 bridgehead atoms. The number of nitrogens with one attached hydrogen (secondary N) is 2. The lowest BCUT2D eigenvalue weighted by Gasteiger charge is -2.28. The average Bonchev–Trinajstić information content (AvgIpc) is 2.64. The fraction of sp³-hybridized carbons (Fsp3) is 0.750. The van der Waals surface area contributed by atoms with Gasteiger partial charge in [-0.1, -0.05) is 6.92 Å². The molecule has 0 aromatic carbocycles. The molecule has 1 aliphatic rings. The molecular formula is C12H21N3S. The van der Waals surface area contributed by atoms with Gasteiger partial charge >= 0.3 is 0 Å². The first-order valence-electron chi connectivity index (χ1n) is 6.09. The van der Waals surface area contributed by atoms with Gasteiger partial charge in [-0.05, 0) is 32.2 Å². The number of piperidine rings is 1. The van der Waals surface area contributed by atoms with E-state index in [0.717, 1.165) is 24.7 Å². The van der Waals surface area contributed by atoms with Gasteiger partial charge in [-0.25, -0.2) is 4.98 Å². The van der Waals surface area contributed by atoms with Gasteiger partial charge in [0.25, 0.3) is 0 Å². The van der Waals surface area contributed by atoms with Crippen LogP contribution in [0.1, 0.15) is 30.5 Å². The van der Waals surface area contributed by atoms with Gasteiger partial charge in [0.15, 0.2) is 0 Å². The normalized spacial score (nSPS) is 25.9. The minimum Gasteiger partial charge on any atom is -0.313 e. The second-order valence-corrected chi connectivity index (χ2v) is 5.74. The average molecular weight is 239 g/mol. The first kappa shape index (κ1) is 12.0. The fourth-order valence-electron chi connectivity index (χ4n) is 2.21. The topological polar surface area (TPSA) is 37.0 Å². The van der Waals surface area contributed by atoms with E-state index in [1.165, 1.54) is 24.4 Å². The van der Waals surface area contributed by atoms with E-state index in [9.17, 15) is 0 Å². The number of hydrogen-bond acceptors (Lipinski definition) is 4. The maximum absolute atomic E-state index is 4.44. The quantitative estimate of drug-likeness (QED) is 0.843. The summed E-state index contributed by atoms with van der Waals surface area (Å²) in [7, 11) is 0. The first-order valence-corrected chi connectivity index (χ1v) is 6.97. The second kappa shape index (κ2) is 5.75. The van der Waals surface area contributed by atoms with Crippen molar-refractivity contribution in [1.29, 1.82) is 0 Å². The Morgan fingerprint density at radius 1 is 1.62 bits per heavy atom. The van der Waals surface area contributed by atoms with E-state index >= 15 is 0 Å². The summed E-state index contributed by atoms with van der Waals surface area (Å²) in [6, 6.07) is 0.643. The van der Waals surface area contributed by atoms with Crippen molar-refractivity contribution in [1.82, 2.24) is 15.6 Å². The third kappa shape index (κ3) is 3.54. The molecule has 1 aromatic heterocycles. The van der Waals surface area contributed by atoms with Gasteiger partial charge in [0.2, 0.25) is 0 Å². The van der Waals surface area contributed by atoms with E-state index in [0.29, 0.717) is 6.04 Å². The Morgan fingerprint density at radius 3 is 3.19 bits per heavy atom. The van der Waals surface area contributed by atoms with Crippen molar-refractivity contribution < 1.29 is 0 Å². The van der Waals surface area contributed by atoms with Gasteiger partial charge in [-0.2, -0.15) is 0 Å². The fourth-order valence-corrected chi connectivity index (χ4v) is 2.95. The highest BCUT2D eigenvalue weighted by atomic mass is 32.1. The van der Waals surface area contributed by atoms with Gasteiger partial charge in [0, 0.05) is 30.2 Å². The summed E-state index contributed by atoms with van der Waals surface area (Å²) >= 11 is 1.74. The zero-order chi connectivity index (χ0) is 11.4. The van der Waals surface area contributed by atoms with Crippen molar-refractivity contribution >= 4 is 11.3 Å². The molecule has 0 spiro atoms. The van der Waals surface area contributed by atoms with Gasteiger partial charge in [-0.15, -0.1) is 11.3 Å². The highest BCUT2D eigenvalue weighted by molar-refractivity contribution is 7.09. The molecule has 0 amide bonds. The van der Waals surface area contributed by atoms with Crippen LogP contribution >= 0.6 is 11.3 Å². The number of nitrogens with zero attached hydrogens (tertiary/aromatic N) is 1. The van der Waals surface area contributed by atoms with Crippen molar-refractivity contribution in [3.05, 3.63) is 16.1 Å². The van der Waals surface area contributed by atoms with E-state index in [4.69, 9.17) is 0 Å². The molecule has 1 fully saturated rings. The molecule has 1 saturated heterocycles. The molecule has 2 N–H and O–H groups in total. The molecule has 1 aromatic rings. The Morgan fingerprint density at radius 2 is 2.50 bits per heavy atom. The summed E-state index contributed by atoms with van der Waals surface area (Å²) in [6.45, 7) is 7.53. The van der Waals surface area contributed by atoms with E-state index < -0.39 is 0 Å². The van der Waals surface area contributed by atoms with E-state index in [1.54, 1.807) is 11.3 Å². The van der Waals surface area contributed by atoms with Gasteiger partial charge in [-0.3, -0.25) is 0 Å². The van der Waals surface area contributed by atoms with Crippen LogP contribution in [0.2, 0.25) is 0 Å². The summed E-state index contributed by atoms with van der Waals surface area (Å²) in [6.07, 6.45) is 2.62. The van der Waals surface area contributed by atoms with E-state index in [-0.39, 0.29) is 0 Å². The Hall–Kier alpha value is -0.450. The molecule has 4 heteroatoms. The zero-order valence-electron chi connectivity index (χ0n) is 10.1. The van der Waals surface area contributed by atoms with E-state index in [1.807, 2.05) is 6.92 Å². The molecular weight excluding hydrogens is 218 g/mol. The lowest BCUT2D eigenvalue weighted by Crippen LogP contribution is -2.43. The van der Waals surface area contributed by atoms with Gasteiger partial charge in [0.1, 0.15) is 5.01 Å². The maximum Gasteiger partial charge on any atom is 0.107 e. The third-order valence-corrected chi connectivity index (χ3v) is 4.06. The molecule has 90 valence electrons. The highest BCUT2D eigenvalue weighted by Crippen LogP contribution is 2.14. The molecule has 3 nitrogen and oxygen atoms in total. The Balaban J connectivity index is 1.67. The summed E-state index contributed by atoms with van der Waals surface area (Å²) < 4.78 is 0. The van der Waals surface area contributed by atoms with Crippen LogP contribution in [-0.2, 0) is 6.54 Å². The van der Waals surface area contributed by atoms with Crippen LogP contribution in [0, 0.1) is 12.8 Å². The highest BCUT2D eigenvalue weighted by Gasteiger charge is 2.17. The van der Waals surface area contributed by atoms with Crippen molar-refractivity contribution in [2.45, 2.75) is 39.3 Å². The molecule has 2 rings (SSSR count). The van der Waals surface area contributed by atoms with Gasteiger partial charge < -0.3 is 10.6 Å². The van der Waals surface area contributed by atoms with Crippen LogP contribution in [0.5, 0.6) is 0 Å². The Labute approximate surface area is 102 Å². The number of hydrogen-bond donors (Lipinski definition) is 2. The van der Waals surface area contributed by atoms with E-state index in [2.05, 4.69) is 27.9 Å². The van der Waals surface area contributed by atoms with Crippen LogP contribution in [0.25, 0.3) is 0 Å². The summed E-state index contributed by atoms with van der Waals surface area (Å²) in [4.78, 5) is 4.44. The summed E-state index contributed by atoms with van der Waals surface area (Å²) in [5.41, 5.74) is 1.13. The lowest BCUT2D eigenvalue weighted by atomic mass is 9.94. The number of thiazole rings is 1. The minimum absolute atomic E-state index is 0.643. The summed E-state index contributed by atoms with van der Waals surface area (Å²) in [5, 5.41) is 10.4. The third-order valence-electron chi connectivity index (χ3n) is 3.09. The molecule has 16 heavy (non-hydrogen) atoms. The van der Waals surface area contributed by atoms with Gasteiger partial charge in [0.05, 0.1) is 0 Å². The predicted octanol–water partition coefficient (Wildman–Crippen LogP) is 1.93. The molecule has 0 radical (unpaired) electrons. The Kier molecular flexibility index (Phi) is 4.32.